The Hall–Kier alpha value is -3.32. The van der Waals surface area contributed by atoms with Gasteiger partial charge in [-0.15, -0.1) is 0 Å². The van der Waals surface area contributed by atoms with E-state index in [4.69, 9.17) is 0 Å². The predicted molar refractivity (Wildman–Crippen MR) is 123 cm³/mol. The number of benzene rings is 2. The molecular weight excluding hydrogens is 406 g/mol. The molecule has 0 bridgehead atoms. The molecule has 2 amide bonds. The van der Waals surface area contributed by atoms with E-state index in [0.29, 0.717) is 0 Å². The quantitative estimate of drug-likeness (QED) is 0.451. The lowest BCUT2D eigenvalue weighted by Crippen LogP contribution is -2.42. The van der Waals surface area contributed by atoms with Crippen LogP contribution in [0.25, 0.3) is 5.65 Å². The van der Waals surface area contributed by atoms with Gasteiger partial charge in [-0.2, -0.15) is 5.10 Å². The number of carbonyl (C=O) groups excluding carboxylic acids is 1. The number of nitrogens with zero attached hydrogens (tertiary/aromatic N) is 3. The third-order valence-corrected chi connectivity index (χ3v) is 5.92. The summed E-state index contributed by atoms with van der Waals surface area (Å²) in [5, 5.41) is 10.6. The zero-order chi connectivity index (χ0) is 21.8. The molecule has 0 aliphatic heterocycles. The average molecular weight is 432 g/mol. The van der Waals surface area contributed by atoms with Crippen LogP contribution in [0.1, 0.15) is 36.7 Å². The molecule has 2 N–H and O–H groups in total. The average Bonchev–Trinajstić information content (AvgIpc) is 3.17. The van der Waals surface area contributed by atoms with Crippen LogP contribution in [0.3, 0.4) is 0 Å². The number of rotatable bonds is 6. The van der Waals surface area contributed by atoms with Crippen LogP contribution in [0.4, 0.5) is 4.79 Å². The van der Waals surface area contributed by atoms with Crippen LogP contribution >= 0.6 is 11.8 Å². The van der Waals surface area contributed by atoms with E-state index in [1.807, 2.05) is 50.2 Å². The molecule has 0 spiro atoms. The smallest absolute Gasteiger partial charge is 0.315 e. The number of nitrogens with one attached hydrogen (secondary N) is 2. The maximum Gasteiger partial charge on any atom is 0.315 e. The number of hydrogen-bond acceptors (Lipinski definition) is 4. The number of carbonyl (C=O) groups is 1. The fourth-order valence-electron chi connectivity index (χ4n) is 3.50. The highest BCUT2D eigenvalue weighted by Crippen LogP contribution is 2.37. The van der Waals surface area contributed by atoms with E-state index in [1.165, 1.54) is 0 Å². The number of urea groups is 1. The van der Waals surface area contributed by atoms with Crippen LogP contribution in [0.5, 0.6) is 0 Å². The molecule has 0 aliphatic rings. The van der Waals surface area contributed by atoms with Crippen LogP contribution in [0, 0.1) is 6.92 Å². The fraction of sp³-hybridized carbons (Fsp3) is 0.208. The predicted octanol–water partition coefficient (Wildman–Crippen LogP) is 4.99. The molecule has 31 heavy (non-hydrogen) atoms. The molecule has 4 aromatic rings. The van der Waals surface area contributed by atoms with E-state index >= 15 is 0 Å². The van der Waals surface area contributed by atoms with Crippen molar-refractivity contribution in [2.75, 3.05) is 0 Å². The molecule has 0 saturated heterocycles. The van der Waals surface area contributed by atoms with Gasteiger partial charge >= 0.3 is 6.03 Å². The Morgan fingerprint density at radius 2 is 1.81 bits per heavy atom. The van der Waals surface area contributed by atoms with E-state index < -0.39 is 6.04 Å². The number of amides is 2. The van der Waals surface area contributed by atoms with Gasteiger partial charge in [-0.1, -0.05) is 42.1 Å². The highest BCUT2D eigenvalue weighted by atomic mass is 32.2. The zero-order valence-corrected chi connectivity index (χ0v) is 18.6. The first-order valence-electron chi connectivity index (χ1n) is 10.2. The lowest BCUT2D eigenvalue weighted by molar-refractivity contribution is 0.236. The Morgan fingerprint density at radius 1 is 1.00 bits per heavy atom. The maximum atomic E-state index is 12.8. The normalized spacial score (nSPS) is 12.1. The van der Waals surface area contributed by atoms with Gasteiger partial charge in [0.15, 0.2) is 5.65 Å². The minimum atomic E-state index is -0.420. The standard InChI is InChI=1S/C24H25N5OS/c1-16(2)27-24(30)28-23(19-15-25-21-13-8-14-26-29(19)21)22-17(3)9-7-12-20(22)31-18-10-5-4-6-11-18/h4-16,23H,1-3H3,(H2,27,28,30). The van der Waals surface area contributed by atoms with Crippen molar-refractivity contribution < 1.29 is 4.79 Å². The molecule has 7 heteroatoms. The highest BCUT2D eigenvalue weighted by Gasteiger charge is 2.26. The van der Waals surface area contributed by atoms with Crippen molar-refractivity contribution in [2.24, 2.45) is 0 Å². The van der Waals surface area contributed by atoms with Gasteiger partial charge in [0.05, 0.1) is 11.9 Å². The summed E-state index contributed by atoms with van der Waals surface area (Å²) in [4.78, 5) is 19.5. The Kier molecular flexibility index (Phi) is 6.23. The molecule has 1 unspecified atom stereocenters. The summed E-state index contributed by atoms with van der Waals surface area (Å²) in [6.45, 7) is 5.94. The van der Waals surface area contributed by atoms with E-state index in [2.05, 4.69) is 51.9 Å². The summed E-state index contributed by atoms with van der Waals surface area (Å²) < 4.78 is 1.78. The van der Waals surface area contributed by atoms with Gasteiger partial charge in [0, 0.05) is 22.0 Å². The molecule has 0 fully saturated rings. The van der Waals surface area contributed by atoms with E-state index in [-0.39, 0.29) is 12.1 Å². The van der Waals surface area contributed by atoms with Crippen molar-refractivity contribution >= 4 is 23.4 Å². The minimum Gasteiger partial charge on any atom is -0.336 e. The third-order valence-electron chi connectivity index (χ3n) is 4.84. The van der Waals surface area contributed by atoms with Gasteiger partial charge in [0.25, 0.3) is 0 Å². The van der Waals surface area contributed by atoms with Crippen molar-refractivity contribution in [2.45, 2.75) is 42.6 Å². The molecular formula is C24H25N5OS. The first-order chi connectivity index (χ1) is 15.0. The second-order valence-electron chi connectivity index (χ2n) is 7.58. The number of fused-ring (bicyclic) bond motifs is 1. The van der Waals surface area contributed by atoms with Gasteiger partial charge in [-0.05, 0) is 62.2 Å². The number of aryl methyl sites for hydroxylation is 1. The van der Waals surface area contributed by atoms with E-state index in [0.717, 1.165) is 32.3 Å². The first kappa shape index (κ1) is 20.9. The summed E-state index contributed by atoms with van der Waals surface area (Å²) in [5.41, 5.74) is 3.66. The maximum absolute atomic E-state index is 12.8. The summed E-state index contributed by atoms with van der Waals surface area (Å²) in [6.07, 6.45) is 3.51. The topological polar surface area (TPSA) is 71.3 Å². The van der Waals surface area contributed by atoms with E-state index in [9.17, 15) is 4.79 Å². The summed E-state index contributed by atoms with van der Waals surface area (Å²) in [7, 11) is 0. The SMILES string of the molecule is Cc1cccc(Sc2ccccc2)c1C(NC(=O)NC(C)C)c1cnc2cccnn12. The largest absolute Gasteiger partial charge is 0.336 e. The number of aromatic nitrogens is 3. The van der Waals surface area contributed by atoms with Gasteiger partial charge in [0.2, 0.25) is 0 Å². The third kappa shape index (κ3) is 4.72. The molecule has 0 aliphatic carbocycles. The molecule has 4 rings (SSSR count). The molecule has 2 aromatic carbocycles. The van der Waals surface area contributed by atoms with Gasteiger partial charge in [-0.25, -0.2) is 14.3 Å². The van der Waals surface area contributed by atoms with E-state index in [1.54, 1.807) is 28.7 Å². The van der Waals surface area contributed by atoms with Crippen LogP contribution in [0.2, 0.25) is 0 Å². The minimum absolute atomic E-state index is 0.0241. The van der Waals surface area contributed by atoms with Crippen LogP contribution < -0.4 is 10.6 Å². The molecule has 2 heterocycles. The Labute approximate surface area is 186 Å². The first-order valence-corrected chi connectivity index (χ1v) is 11.0. The molecule has 0 saturated carbocycles. The molecule has 6 nitrogen and oxygen atoms in total. The lowest BCUT2D eigenvalue weighted by atomic mass is 9.99. The lowest BCUT2D eigenvalue weighted by Gasteiger charge is -2.24. The van der Waals surface area contributed by atoms with Crippen molar-refractivity contribution in [1.29, 1.82) is 0 Å². The van der Waals surface area contributed by atoms with Crippen LogP contribution in [-0.2, 0) is 0 Å². The Morgan fingerprint density at radius 3 is 2.58 bits per heavy atom. The zero-order valence-electron chi connectivity index (χ0n) is 17.7. The molecule has 1 atom stereocenters. The molecule has 0 radical (unpaired) electrons. The highest BCUT2D eigenvalue weighted by molar-refractivity contribution is 7.99. The Balaban J connectivity index is 1.83. The van der Waals surface area contributed by atoms with Gasteiger partial charge in [0.1, 0.15) is 6.04 Å². The van der Waals surface area contributed by atoms with Gasteiger partial charge < -0.3 is 10.6 Å². The second kappa shape index (κ2) is 9.22. The summed E-state index contributed by atoms with van der Waals surface area (Å²) in [5.74, 6) is 0. The summed E-state index contributed by atoms with van der Waals surface area (Å²) in [6, 6.07) is 19.5. The second-order valence-corrected chi connectivity index (χ2v) is 8.70. The fourth-order valence-corrected chi connectivity index (χ4v) is 4.58. The van der Waals surface area contributed by atoms with Crippen molar-refractivity contribution in [3.05, 3.63) is 89.9 Å². The number of hydrogen-bond donors (Lipinski definition) is 2. The Bertz CT molecular complexity index is 1190. The molecule has 2 aromatic heterocycles. The monoisotopic (exact) mass is 431 g/mol. The van der Waals surface area contributed by atoms with Crippen molar-refractivity contribution in [1.82, 2.24) is 25.2 Å². The number of imidazole rings is 1. The molecule has 158 valence electrons. The summed E-state index contributed by atoms with van der Waals surface area (Å²) >= 11 is 1.68. The van der Waals surface area contributed by atoms with Crippen LogP contribution in [-0.4, -0.2) is 26.7 Å². The van der Waals surface area contributed by atoms with Crippen LogP contribution in [0.15, 0.2) is 82.8 Å². The van der Waals surface area contributed by atoms with Crippen molar-refractivity contribution in [3.8, 4) is 0 Å². The van der Waals surface area contributed by atoms with Crippen molar-refractivity contribution in [3.63, 3.8) is 0 Å². The van der Waals surface area contributed by atoms with Gasteiger partial charge in [-0.3, -0.25) is 0 Å².